The second kappa shape index (κ2) is 5.31. The van der Waals surface area contributed by atoms with Crippen molar-refractivity contribution < 1.29 is 44.4 Å². The SMILES string of the molecule is O=C([O-])c1ccc(Cl)cc1[N+](=O)[O-].[Na+]. The molecule has 0 aliphatic rings. The van der Waals surface area contributed by atoms with Crippen LogP contribution in [0.4, 0.5) is 5.69 Å². The van der Waals surface area contributed by atoms with Gasteiger partial charge in [0.05, 0.1) is 16.5 Å². The van der Waals surface area contributed by atoms with E-state index >= 15 is 0 Å². The van der Waals surface area contributed by atoms with E-state index < -0.39 is 22.1 Å². The predicted octanol–water partition coefficient (Wildman–Crippen LogP) is -2.38. The zero-order valence-corrected chi connectivity index (χ0v) is 9.95. The number of hydrogen-bond donors (Lipinski definition) is 0. The van der Waals surface area contributed by atoms with Crippen molar-refractivity contribution in [2.75, 3.05) is 0 Å². The molecule has 0 amide bonds. The Kier molecular flexibility index (Phi) is 5.07. The third-order valence-corrected chi connectivity index (χ3v) is 1.61. The quantitative estimate of drug-likeness (QED) is 0.318. The smallest absolute Gasteiger partial charge is 0.545 e. The Morgan fingerprint density at radius 3 is 2.43 bits per heavy atom. The summed E-state index contributed by atoms with van der Waals surface area (Å²) in [5.74, 6) is -1.59. The van der Waals surface area contributed by atoms with E-state index in [1.54, 1.807) is 0 Å². The first-order valence-electron chi connectivity index (χ1n) is 3.17. The number of carboxylic acid groups (broad SMARTS) is 1. The average molecular weight is 224 g/mol. The molecule has 0 N–H and O–H groups in total. The van der Waals surface area contributed by atoms with E-state index in [4.69, 9.17) is 11.6 Å². The van der Waals surface area contributed by atoms with Gasteiger partial charge in [-0.3, -0.25) is 10.1 Å². The van der Waals surface area contributed by atoms with E-state index in [1.165, 1.54) is 6.07 Å². The molecule has 1 rings (SSSR count). The van der Waals surface area contributed by atoms with Gasteiger partial charge in [0.15, 0.2) is 0 Å². The number of carboxylic acids is 1. The maximum Gasteiger partial charge on any atom is 1.00 e. The van der Waals surface area contributed by atoms with Crippen LogP contribution in [0.2, 0.25) is 5.02 Å². The molecule has 0 aliphatic heterocycles. The molecule has 7 heteroatoms. The number of carbonyl (C=O) groups excluding carboxylic acids is 1. The van der Waals surface area contributed by atoms with E-state index in [1.807, 2.05) is 0 Å². The minimum atomic E-state index is -1.59. The normalized spacial score (nSPS) is 8.93. The third kappa shape index (κ3) is 2.95. The van der Waals surface area contributed by atoms with Crippen LogP contribution in [-0.2, 0) is 0 Å². The first-order valence-corrected chi connectivity index (χ1v) is 3.55. The maximum absolute atomic E-state index is 10.4. The van der Waals surface area contributed by atoms with Crippen molar-refractivity contribution in [2.24, 2.45) is 0 Å². The van der Waals surface area contributed by atoms with Gasteiger partial charge in [-0.05, 0) is 12.1 Å². The minimum Gasteiger partial charge on any atom is -0.545 e. The molecule has 0 fully saturated rings. The van der Waals surface area contributed by atoms with E-state index in [9.17, 15) is 20.0 Å². The predicted molar refractivity (Wildman–Crippen MR) is 42.4 cm³/mol. The van der Waals surface area contributed by atoms with Crippen LogP contribution in [0.3, 0.4) is 0 Å². The summed E-state index contributed by atoms with van der Waals surface area (Å²) in [6, 6.07) is 3.25. The summed E-state index contributed by atoms with van der Waals surface area (Å²) in [4.78, 5) is 19.9. The zero-order valence-electron chi connectivity index (χ0n) is 7.19. The number of carbonyl (C=O) groups is 1. The number of aromatic carboxylic acids is 1. The fourth-order valence-corrected chi connectivity index (χ4v) is 0.995. The van der Waals surface area contributed by atoms with Crippen molar-refractivity contribution in [3.05, 3.63) is 38.9 Å². The number of benzene rings is 1. The largest absolute Gasteiger partial charge is 1.00 e. The van der Waals surface area contributed by atoms with Gasteiger partial charge in [0.25, 0.3) is 5.69 Å². The van der Waals surface area contributed by atoms with Crippen molar-refractivity contribution in [3.63, 3.8) is 0 Å². The van der Waals surface area contributed by atoms with E-state index in [0.717, 1.165) is 12.1 Å². The van der Waals surface area contributed by atoms with Gasteiger partial charge in [-0.2, -0.15) is 0 Å². The van der Waals surface area contributed by atoms with E-state index in [0.29, 0.717) is 0 Å². The van der Waals surface area contributed by atoms with Gasteiger partial charge in [0, 0.05) is 11.1 Å². The molecular formula is C7H3ClNNaO4. The Hall–Kier alpha value is -0.620. The molecule has 0 saturated carbocycles. The van der Waals surface area contributed by atoms with E-state index in [2.05, 4.69) is 0 Å². The second-order valence-corrected chi connectivity index (χ2v) is 2.64. The summed E-state index contributed by atoms with van der Waals surface area (Å²) in [6.45, 7) is 0. The van der Waals surface area contributed by atoms with Gasteiger partial charge in [-0.25, -0.2) is 0 Å². The van der Waals surface area contributed by atoms with Gasteiger partial charge in [0.1, 0.15) is 0 Å². The molecule has 0 aromatic heterocycles. The third-order valence-electron chi connectivity index (χ3n) is 1.38. The van der Waals surface area contributed by atoms with Crippen molar-refractivity contribution in [1.29, 1.82) is 0 Å². The number of hydrogen-bond acceptors (Lipinski definition) is 4. The Morgan fingerprint density at radius 1 is 1.43 bits per heavy atom. The van der Waals surface area contributed by atoms with Crippen LogP contribution in [0, 0.1) is 10.1 Å². The van der Waals surface area contributed by atoms with Crippen molar-refractivity contribution in [2.45, 2.75) is 0 Å². The molecule has 5 nitrogen and oxygen atoms in total. The Labute approximate surface area is 106 Å². The van der Waals surface area contributed by atoms with Crippen molar-refractivity contribution >= 4 is 23.3 Å². The number of nitro groups is 1. The summed E-state index contributed by atoms with van der Waals surface area (Å²) in [5, 5.41) is 20.8. The molecule has 0 heterocycles. The van der Waals surface area contributed by atoms with E-state index in [-0.39, 0.29) is 34.6 Å². The summed E-state index contributed by atoms with van der Waals surface area (Å²) in [6.07, 6.45) is 0. The molecule has 0 saturated heterocycles. The van der Waals surface area contributed by atoms with Crippen LogP contribution in [0.5, 0.6) is 0 Å². The summed E-state index contributed by atoms with van der Waals surface area (Å²) < 4.78 is 0. The Morgan fingerprint density at radius 2 is 2.00 bits per heavy atom. The van der Waals surface area contributed by atoms with Gasteiger partial charge in [-0.15, -0.1) is 0 Å². The summed E-state index contributed by atoms with van der Waals surface area (Å²) in [7, 11) is 0. The van der Waals surface area contributed by atoms with Crippen LogP contribution in [0.15, 0.2) is 18.2 Å². The van der Waals surface area contributed by atoms with Gasteiger partial charge in [-0.1, -0.05) is 11.6 Å². The Bertz CT molecular complexity index is 382. The minimum absolute atomic E-state index is 0. The number of nitrogens with zero attached hydrogens (tertiary/aromatic N) is 1. The van der Waals surface area contributed by atoms with Crippen LogP contribution in [0.1, 0.15) is 10.4 Å². The molecule has 1 aromatic rings. The Balaban J connectivity index is 0.00000169. The summed E-state index contributed by atoms with van der Waals surface area (Å²) in [5.41, 5.74) is -1.04. The fraction of sp³-hybridized carbons (Fsp3) is 0. The molecular weight excluding hydrogens is 221 g/mol. The molecule has 0 radical (unpaired) electrons. The first-order chi connectivity index (χ1) is 6.02. The topological polar surface area (TPSA) is 83.3 Å². The van der Waals surface area contributed by atoms with Gasteiger partial charge < -0.3 is 9.90 Å². The van der Waals surface area contributed by atoms with Crippen molar-refractivity contribution in [1.82, 2.24) is 0 Å². The van der Waals surface area contributed by atoms with Gasteiger partial charge in [0.2, 0.25) is 0 Å². The molecule has 0 bridgehead atoms. The molecule has 0 aliphatic carbocycles. The van der Waals surface area contributed by atoms with Crippen LogP contribution in [0.25, 0.3) is 0 Å². The maximum atomic E-state index is 10.4. The molecule has 1 aromatic carbocycles. The molecule has 0 spiro atoms. The van der Waals surface area contributed by atoms with Crippen LogP contribution < -0.4 is 34.7 Å². The number of rotatable bonds is 2. The van der Waals surface area contributed by atoms with Gasteiger partial charge >= 0.3 is 29.6 Å². The molecule has 68 valence electrons. The first kappa shape index (κ1) is 13.4. The standard InChI is InChI=1S/C7H4ClNO4.Na/c8-4-1-2-5(7(10)11)6(3-4)9(12)13;/h1-3H,(H,10,11);/q;+1/p-1. The molecule has 0 atom stereocenters. The fourth-order valence-electron chi connectivity index (χ4n) is 0.828. The zero-order chi connectivity index (χ0) is 10.0. The second-order valence-electron chi connectivity index (χ2n) is 2.21. The molecule has 0 unspecified atom stereocenters. The van der Waals surface area contributed by atoms with Crippen LogP contribution in [-0.4, -0.2) is 10.9 Å². The van der Waals surface area contributed by atoms with Crippen molar-refractivity contribution in [3.8, 4) is 0 Å². The monoisotopic (exact) mass is 223 g/mol. The summed E-state index contributed by atoms with van der Waals surface area (Å²) >= 11 is 5.45. The number of halogens is 1. The number of nitro benzene ring substituents is 1. The average Bonchev–Trinajstić information content (AvgIpc) is 2.03. The van der Waals surface area contributed by atoms with Crippen LogP contribution >= 0.6 is 11.6 Å². The molecule has 14 heavy (non-hydrogen) atoms.